The molecule has 1 aromatic rings. The van der Waals surface area contributed by atoms with Crippen molar-refractivity contribution in [2.45, 2.75) is 12.5 Å². The van der Waals surface area contributed by atoms with Crippen molar-refractivity contribution in [3.63, 3.8) is 0 Å². The molecule has 3 N–H and O–H groups in total. The molecule has 1 aliphatic heterocycles. The maximum atomic E-state index is 13.1. The summed E-state index contributed by atoms with van der Waals surface area (Å²) in [7, 11) is 0. The third kappa shape index (κ3) is 1.86. The minimum Gasteiger partial charge on any atom is -0.396 e. The van der Waals surface area contributed by atoms with Crippen molar-refractivity contribution in [2.75, 3.05) is 18.8 Å². The van der Waals surface area contributed by atoms with Crippen LogP contribution < -0.4 is 5.73 Å². The minimum absolute atomic E-state index is 0.0205. The Bertz CT molecular complexity index is 438. The summed E-state index contributed by atoms with van der Waals surface area (Å²) in [5.41, 5.74) is 4.77. The zero-order valence-electron chi connectivity index (χ0n) is 8.90. The van der Waals surface area contributed by atoms with Crippen LogP contribution in [0.25, 0.3) is 0 Å². The highest BCUT2D eigenvalue weighted by Gasteiger charge is 2.39. The summed E-state index contributed by atoms with van der Waals surface area (Å²) in [5, 5.41) is 9.49. The second-order valence-electron chi connectivity index (χ2n) is 4.39. The minimum atomic E-state index is -0.817. The fourth-order valence-corrected chi connectivity index (χ4v) is 1.76. The number of nitrogen functional groups attached to an aromatic ring is 1. The van der Waals surface area contributed by atoms with Crippen molar-refractivity contribution in [1.82, 2.24) is 4.90 Å². The van der Waals surface area contributed by atoms with E-state index < -0.39 is 11.4 Å². The molecule has 0 atom stereocenters. The van der Waals surface area contributed by atoms with Crippen molar-refractivity contribution in [3.05, 3.63) is 29.6 Å². The first-order valence-electron chi connectivity index (χ1n) is 4.96. The first-order valence-corrected chi connectivity index (χ1v) is 4.96. The average Bonchev–Trinajstić information content (AvgIpc) is 2.17. The number of benzene rings is 1. The van der Waals surface area contributed by atoms with Crippen molar-refractivity contribution < 1.29 is 14.3 Å². The second kappa shape index (κ2) is 3.45. The molecule has 1 fully saturated rings. The van der Waals surface area contributed by atoms with Gasteiger partial charge < -0.3 is 15.7 Å². The number of carbonyl (C=O) groups excluding carboxylic acids is 1. The second-order valence-corrected chi connectivity index (χ2v) is 4.39. The Kier molecular flexibility index (Phi) is 2.35. The fraction of sp³-hybridized carbons (Fsp3) is 0.364. The maximum absolute atomic E-state index is 13.1. The predicted molar refractivity (Wildman–Crippen MR) is 57.3 cm³/mol. The van der Waals surface area contributed by atoms with Crippen LogP contribution in [0.3, 0.4) is 0 Å². The molecule has 2 rings (SSSR count). The SMILES string of the molecule is CC1(O)CN(C(=O)c2ccc(N)c(F)c2)C1. The summed E-state index contributed by atoms with van der Waals surface area (Å²) in [6.07, 6.45) is 0. The van der Waals surface area contributed by atoms with E-state index in [2.05, 4.69) is 0 Å². The predicted octanol–water partition coefficient (Wildman–Crippen LogP) is 0.615. The number of hydrogen-bond donors (Lipinski definition) is 2. The molecular formula is C11H13FN2O2. The van der Waals surface area contributed by atoms with Crippen LogP contribution in [0, 0.1) is 5.82 Å². The third-order valence-corrected chi connectivity index (χ3v) is 2.60. The van der Waals surface area contributed by atoms with Crippen molar-refractivity contribution >= 4 is 11.6 Å². The van der Waals surface area contributed by atoms with E-state index in [0.29, 0.717) is 0 Å². The zero-order valence-corrected chi connectivity index (χ0v) is 8.90. The molecule has 1 amide bonds. The lowest BCUT2D eigenvalue weighted by Crippen LogP contribution is -2.61. The fourth-order valence-electron chi connectivity index (χ4n) is 1.76. The van der Waals surface area contributed by atoms with Crippen LogP contribution >= 0.6 is 0 Å². The number of rotatable bonds is 1. The Labute approximate surface area is 92.5 Å². The van der Waals surface area contributed by atoms with Crippen LogP contribution in [-0.4, -0.2) is 34.6 Å². The van der Waals surface area contributed by atoms with Gasteiger partial charge >= 0.3 is 0 Å². The van der Waals surface area contributed by atoms with E-state index in [-0.39, 0.29) is 30.2 Å². The van der Waals surface area contributed by atoms with Gasteiger partial charge in [-0.05, 0) is 25.1 Å². The topological polar surface area (TPSA) is 66.6 Å². The van der Waals surface area contributed by atoms with E-state index in [4.69, 9.17) is 5.73 Å². The van der Waals surface area contributed by atoms with Gasteiger partial charge in [0.2, 0.25) is 0 Å². The van der Waals surface area contributed by atoms with Gasteiger partial charge in [0.15, 0.2) is 0 Å². The largest absolute Gasteiger partial charge is 0.396 e. The van der Waals surface area contributed by atoms with Crippen LogP contribution in [0.1, 0.15) is 17.3 Å². The summed E-state index contributed by atoms with van der Waals surface area (Å²) in [4.78, 5) is 13.2. The summed E-state index contributed by atoms with van der Waals surface area (Å²) in [5.74, 6) is -0.886. The van der Waals surface area contributed by atoms with Crippen LogP contribution in [0.2, 0.25) is 0 Å². The lowest BCUT2D eigenvalue weighted by Gasteiger charge is -2.44. The van der Waals surface area contributed by atoms with Crippen LogP contribution in [0.15, 0.2) is 18.2 Å². The van der Waals surface area contributed by atoms with E-state index in [0.717, 1.165) is 6.07 Å². The molecule has 0 radical (unpaired) electrons. The third-order valence-electron chi connectivity index (χ3n) is 2.60. The van der Waals surface area contributed by atoms with Crippen LogP contribution in [-0.2, 0) is 0 Å². The summed E-state index contributed by atoms with van der Waals surface area (Å²) >= 11 is 0. The summed E-state index contributed by atoms with van der Waals surface area (Å²) < 4.78 is 13.1. The molecule has 86 valence electrons. The molecule has 0 unspecified atom stereocenters. The number of aliphatic hydroxyl groups is 1. The first kappa shape index (κ1) is 10.9. The molecule has 0 spiro atoms. The van der Waals surface area contributed by atoms with Crippen LogP contribution in [0.5, 0.6) is 0 Å². The average molecular weight is 224 g/mol. The van der Waals surface area contributed by atoms with Crippen LogP contribution in [0.4, 0.5) is 10.1 Å². The number of likely N-dealkylation sites (tertiary alicyclic amines) is 1. The van der Waals surface area contributed by atoms with Gasteiger partial charge in [-0.25, -0.2) is 4.39 Å². The van der Waals surface area contributed by atoms with Crippen molar-refractivity contribution in [3.8, 4) is 0 Å². The lowest BCUT2D eigenvalue weighted by atomic mass is 9.96. The van der Waals surface area contributed by atoms with Gasteiger partial charge in [-0.3, -0.25) is 4.79 Å². The van der Waals surface area contributed by atoms with Gasteiger partial charge in [-0.1, -0.05) is 0 Å². The highest BCUT2D eigenvalue weighted by molar-refractivity contribution is 5.95. The molecule has 4 nitrogen and oxygen atoms in total. The Morgan fingerprint density at radius 2 is 2.19 bits per heavy atom. The standard InChI is InChI=1S/C11H13FN2O2/c1-11(16)5-14(6-11)10(15)7-2-3-9(13)8(12)4-7/h2-4,16H,5-6,13H2,1H3. The van der Waals surface area contributed by atoms with Gasteiger partial charge in [0.05, 0.1) is 24.4 Å². The molecule has 1 heterocycles. The lowest BCUT2D eigenvalue weighted by molar-refractivity contribution is -0.0668. The monoisotopic (exact) mass is 224 g/mol. The Hall–Kier alpha value is -1.62. The number of halogens is 1. The first-order chi connectivity index (χ1) is 7.39. The van der Waals surface area contributed by atoms with Gasteiger partial charge in [0.25, 0.3) is 5.91 Å². The zero-order chi connectivity index (χ0) is 11.9. The number of nitrogens with zero attached hydrogens (tertiary/aromatic N) is 1. The molecule has 0 aliphatic carbocycles. The number of hydrogen-bond acceptors (Lipinski definition) is 3. The number of amides is 1. The van der Waals surface area contributed by atoms with Gasteiger partial charge in [0.1, 0.15) is 5.82 Å². The Balaban J connectivity index is 2.13. The van der Waals surface area contributed by atoms with E-state index in [1.54, 1.807) is 6.92 Å². The van der Waals surface area contributed by atoms with E-state index in [1.807, 2.05) is 0 Å². The molecule has 1 saturated heterocycles. The van der Waals surface area contributed by atoms with E-state index in [9.17, 15) is 14.3 Å². The summed E-state index contributed by atoms with van der Waals surface area (Å²) in [6.45, 7) is 2.20. The Morgan fingerprint density at radius 3 is 2.69 bits per heavy atom. The Morgan fingerprint density at radius 1 is 1.56 bits per heavy atom. The highest BCUT2D eigenvalue weighted by atomic mass is 19.1. The van der Waals surface area contributed by atoms with Gasteiger partial charge in [-0.2, -0.15) is 0 Å². The normalized spacial score (nSPS) is 18.1. The molecule has 5 heteroatoms. The molecule has 0 aromatic heterocycles. The van der Waals surface area contributed by atoms with Gasteiger partial charge in [-0.15, -0.1) is 0 Å². The number of carbonyl (C=O) groups is 1. The quantitative estimate of drug-likeness (QED) is 0.687. The smallest absolute Gasteiger partial charge is 0.254 e. The molecule has 1 aliphatic rings. The van der Waals surface area contributed by atoms with Crippen molar-refractivity contribution in [2.24, 2.45) is 0 Å². The number of β-amino-alcohol motifs (C(OH)–C–C–N with tert-alkyl or cyclic N) is 1. The van der Waals surface area contributed by atoms with Crippen molar-refractivity contribution in [1.29, 1.82) is 0 Å². The van der Waals surface area contributed by atoms with Gasteiger partial charge in [0, 0.05) is 5.56 Å². The maximum Gasteiger partial charge on any atom is 0.254 e. The molecular weight excluding hydrogens is 211 g/mol. The molecule has 0 saturated carbocycles. The van der Waals surface area contributed by atoms with E-state index in [1.165, 1.54) is 17.0 Å². The molecule has 0 bridgehead atoms. The number of anilines is 1. The highest BCUT2D eigenvalue weighted by Crippen LogP contribution is 2.23. The summed E-state index contributed by atoms with van der Waals surface area (Å²) in [6, 6.07) is 3.96. The molecule has 16 heavy (non-hydrogen) atoms. The van der Waals surface area contributed by atoms with E-state index >= 15 is 0 Å². The number of nitrogens with two attached hydrogens (primary N) is 1. The molecule has 1 aromatic carbocycles.